The van der Waals surface area contributed by atoms with Gasteiger partial charge in [0.2, 0.25) is 6.08 Å². The summed E-state index contributed by atoms with van der Waals surface area (Å²) in [6.07, 6.45) is 2.76. The number of carbonyl (C=O) groups excluding carboxylic acids is 1. The van der Waals surface area contributed by atoms with Crippen molar-refractivity contribution in [2.75, 3.05) is 0 Å². The zero-order valence-electron chi connectivity index (χ0n) is 5.21. The lowest BCUT2D eigenvalue weighted by Gasteiger charge is -1.95. The summed E-state index contributed by atoms with van der Waals surface area (Å²) in [6.45, 7) is 0. The lowest BCUT2D eigenvalue weighted by atomic mass is 10.4. The van der Waals surface area contributed by atoms with Crippen molar-refractivity contribution in [3.05, 3.63) is 22.4 Å². The van der Waals surface area contributed by atoms with Crippen LogP contribution in [0.1, 0.15) is 0 Å². The van der Waals surface area contributed by atoms with Gasteiger partial charge in [-0.15, -0.1) is 0 Å². The molecule has 0 saturated heterocycles. The van der Waals surface area contributed by atoms with E-state index in [0.29, 0.717) is 0 Å². The summed E-state index contributed by atoms with van der Waals surface area (Å²) < 4.78 is 0. The predicted molar refractivity (Wildman–Crippen MR) is 42.0 cm³/mol. The molecule has 1 aromatic rings. The topological polar surface area (TPSA) is 42.3 Å². The molecule has 1 aromatic heterocycles. The quantitative estimate of drug-likeness (QED) is 0.386. The molecule has 3 nitrogen and oxygen atoms in total. The molecule has 0 saturated carbocycles. The normalized spacial score (nSPS) is 8.91. The molecule has 0 unspecified atom stereocenters. The molecule has 0 aliphatic rings. The predicted octanol–water partition coefficient (Wildman–Crippen LogP) is 2.36. The van der Waals surface area contributed by atoms with Crippen molar-refractivity contribution in [3.8, 4) is 0 Å². The minimum absolute atomic E-state index is 0.0980. The van der Waals surface area contributed by atoms with Crippen LogP contribution in [0, 0.1) is 0 Å². The Bertz CT molecular complexity index is 300. The molecule has 1 rings (SSSR count). The van der Waals surface area contributed by atoms with E-state index in [1.54, 1.807) is 0 Å². The molecular weight excluding hydrogens is 187 g/mol. The van der Waals surface area contributed by atoms with Crippen LogP contribution in [-0.4, -0.2) is 11.1 Å². The van der Waals surface area contributed by atoms with Crippen LogP contribution in [0.25, 0.3) is 0 Å². The summed E-state index contributed by atoms with van der Waals surface area (Å²) in [4.78, 5) is 16.8. The summed E-state index contributed by atoms with van der Waals surface area (Å²) in [7, 11) is 0. The van der Waals surface area contributed by atoms with Gasteiger partial charge in [0.25, 0.3) is 0 Å². The average molecular weight is 189 g/mol. The minimum atomic E-state index is 0.0980. The third kappa shape index (κ3) is 1.77. The van der Waals surface area contributed by atoms with Crippen LogP contribution in [0.5, 0.6) is 0 Å². The molecule has 0 spiro atoms. The first kappa shape index (κ1) is 8.21. The molecule has 0 fully saturated rings. The third-order valence-corrected chi connectivity index (χ3v) is 1.57. The van der Waals surface area contributed by atoms with Crippen LogP contribution in [0.2, 0.25) is 10.2 Å². The number of rotatable bonds is 1. The van der Waals surface area contributed by atoms with E-state index in [1.807, 2.05) is 0 Å². The highest BCUT2D eigenvalue weighted by Gasteiger charge is 2.03. The number of hydrogen-bond donors (Lipinski definition) is 0. The van der Waals surface area contributed by atoms with Crippen LogP contribution in [0.4, 0.5) is 5.69 Å². The monoisotopic (exact) mass is 188 g/mol. The summed E-state index contributed by atoms with van der Waals surface area (Å²) in [5.41, 5.74) is 0.158. The minimum Gasteiger partial charge on any atom is -0.242 e. The molecule has 0 atom stereocenters. The van der Waals surface area contributed by atoms with Gasteiger partial charge in [-0.3, -0.25) is 0 Å². The van der Waals surface area contributed by atoms with Crippen molar-refractivity contribution in [1.82, 2.24) is 4.98 Å². The van der Waals surface area contributed by atoms with E-state index in [2.05, 4.69) is 9.98 Å². The van der Waals surface area contributed by atoms with E-state index in [0.717, 1.165) is 0 Å². The number of hydrogen-bond acceptors (Lipinski definition) is 3. The van der Waals surface area contributed by atoms with Gasteiger partial charge in [0.05, 0.1) is 5.02 Å². The second-order valence-electron chi connectivity index (χ2n) is 1.64. The summed E-state index contributed by atoms with van der Waals surface area (Å²) >= 11 is 11.2. The molecule has 0 bridgehead atoms. The Morgan fingerprint density at radius 3 is 2.82 bits per heavy atom. The maximum Gasteiger partial charge on any atom is 0.240 e. The maximum absolute atomic E-state index is 9.84. The molecule has 0 aliphatic carbocycles. The maximum atomic E-state index is 9.84. The number of nitrogens with zero attached hydrogens (tertiary/aromatic N) is 2. The Kier molecular flexibility index (Phi) is 2.60. The smallest absolute Gasteiger partial charge is 0.240 e. The van der Waals surface area contributed by atoms with Crippen LogP contribution in [0.3, 0.4) is 0 Å². The molecule has 0 aromatic carbocycles. The van der Waals surface area contributed by atoms with Crippen LogP contribution < -0.4 is 0 Å². The van der Waals surface area contributed by atoms with E-state index in [-0.39, 0.29) is 15.9 Å². The molecular formula is C6H2Cl2N2O. The highest BCUT2D eigenvalue weighted by molar-refractivity contribution is 6.37. The average Bonchev–Trinajstić information content (AvgIpc) is 1.97. The first-order chi connectivity index (χ1) is 5.25. The van der Waals surface area contributed by atoms with Crippen LogP contribution in [0.15, 0.2) is 17.3 Å². The number of aliphatic imine (C=N–C) groups is 1. The van der Waals surface area contributed by atoms with Gasteiger partial charge in [-0.1, -0.05) is 23.2 Å². The van der Waals surface area contributed by atoms with Gasteiger partial charge in [0.15, 0.2) is 5.15 Å². The van der Waals surface area contributed by atoms with E-state index in [1.165, 1.54) is 18.3 Å². The van der Waals surface area contributed by atoms with Crippen molar-refractivity contribution in [2.45, 2.75) is 0 Å². The van der Waals surface area contributed by atoms with Gasteiger partial charge >= 0.3 is 0 Å². The zero-order valence-corrected chi connectivity index (χ0v) is 6.73. The largest absolute Gasteiger partial charge is 0.242 e. The van der Waals surface area contributed by atoms with E-state index in [9.17, 15) is 4.79 Å². The van der Waals surface area contributed by atoms with E-state index in [4.69, 9.17) is 23.2 Å². The van der Waals surface area contributed by atoms with Crippen molar-refractivity contribution in [1.29, 1.82) is 0 Å². The van der Waals surface area contributed by atoms with Gasteiger partial charge in [-0.25, -0.2) is 9.78 Å². The lowest BCUT2D eigenvalue weighted by molar-refractivity contribution is 0.565. The highest BCUT2D eigenvalue weighted by Crippen LogP contribution is 2.29. The lowest BCUT2D eigenvalue weighted by Crippen LogP contribution is -1.75. The summed E-state index contributed by atoms with van der Waals surface area (Å²) in [6, 6.07) is 1.49. The second-order valence-corrected chi connectivity index (χ2v) is 2.40. The van der Waals surface area contributed by atoms with E-state index >= 15 is 0 Å². The zero-order chi connectivity index (χ0) is 8.27. The molecule has 0 amide bonds. The van der Waals surface area contributed by atoms with Gasteiger partial charge < -0.3 is 0 Å². The van der Waals surface area contributed by atoms with Crippen molar-refractivity contribution >= 4 is 35.0 Å². The van der Waals surface area contributed by atoms with Crippen LogP contribution >= 0.6 is 23.2 Å². The Morgan fingerprint density at radius 1 is 1.55 bits per heavy atom. The number of pyridine rings is 1. The molecule has 56 valence electrons. The fourth-order valence-corrected chi connectivity index (χ4v) is 0.989. The number of isocyanates is 1. The highest BCUT2D eigenvalue weighted by atomic mass is 35.5. The van der Waals surface area contributed by atoms with Gasteiger partial charge in [0.1, 0.15) is 5.69 Å². The Labute approximate surface area is 72.7 Å². The van der Waals surface area contributed by atoms with Gasteiger partial charge in [0, 0.05) is 6.20 Å². The molecule has 0 aliphatic heterocycles. The molecule has 0 radical (unpaired) electrons. The fraction of sp³-hybridized carbons (Fsp3) is 0. The molecule has 0 N–H and O–H groups in total. The fourth-order valence-electron chi connectivity index (χ4n) is 0.552. The van der Waals surface area contributed by atoms with E-state index < -0.39 is 0 Å². The first-order valence-electron chi connectivity index (χ1n) is 2.63. The van der Waals surface area contributed by atoms with Crippen molar-refractivity contribution in [2.24, 2.45) is 4.99 Å². The second kappa shape index (κ2) is 3.49. The summed E-state index contributed by atoms with van der Waals surface area (Å²) in [5.74, 6) is 0. The standard InChI is InChI=1S/C6H2Cl2N2O/c7-4-1-2-9-6(8)5(4)10-3-11/h1-2H. The van der Waals surface area contributed by atoms with Gasteiger partial charge in [-0.05, 0) is 6.07 Å². The Hall–Kier alpha value is -0.890. The molecule has 11 heavy (non-hydrogen) atoms. The Morgan fingerprint density at radius 2 is 2.27 bits per heavy atom. The molecule has 1 heterocycles. The molecule has 5 heteroatoms. The van der Waals surface area contributed by atoms with Gasteiger partial charge in [-0.2, -0.15) is 4.99 Å². The van der Waals surface area contributed by atoms with Crippen molar-refractivity contribution in [3.63, 3.8) is 0 Å². The third-order valence-electron chi connectivity index (χ3n) is 0.988. The summed E-state index contributed by atoms with van der Waals surface area (Å²) in [5, 5.41) is 0.384. The van der Waals surface area contributed by atoms with Crippen molar-refractivity contribution < 1.29 is 4.79 Å². The SMILES string of the molecule is O=C=Nc1c(Cl)ccnc1Cl. The Balaban J connectivity index is 3.31. The number of aromatic nitrogens is 1. The number of halogens is 2. The van der Waals surface area contributed by atoms with Crippen LogP contribution in [-0.2, 0) is 4.79 Å². The first-order valence-corrected chi connectivity index (χ1v) is 3.39.